The molecule has 0 unspecified atom stereocenters. The second-order valence-electron chi connectivity index (χ2n) is 4.25. The summed E-state index contributed by atoms with van der Waals surface area (Å²) in [5.41, 5.74) is 1.46. The maximum Gasteiger partial charge on any atom is 0.0768 e. The molecular weight excluding hydrogens is 336 g/mol. The van der Waals surface area contributed by atoms with Gasteiger partial charge in [-0.2, -0.15) is 5.26 Å². The highest BCUT2D eigenvalue weighted by Crippen LogP contribution is 2.33. The van der Waals surface area contributed by atoms with E-state index in [1.54, 1.807) is 36.4 Å². The molecule has 0 aliphatic heterocycles. The lowest BCUT2D eigenvalue weighted by molar-refractivity contribution is 0.850. The van der Waals surface area contributed by atoms with Crippen LogP contribution in [0.3, 0.4) is 0 Å². The van der Waals surface area contributed by atoms with Crippen LogP contribution in [-0.4, -0.2) is 0 Å². The van der Waals surface area contributed by atoms with Crippen LogP contribution in [0, 0.1) is 11.3 Å². The summed E-state index contributed by atoms with van der Waals surface area (Å²) in [6, 6.07) is 12.6. The van der Waals surface area contributed by atoms with E-state index in [1.165, 1.54) is 0 Å². The van der Waals surface area contributed by atoms with Crippen molar-refractivity contribution in [3.63, 3.8) is 0 Å². The van der Waals surface area contributed by atoms with Gasteiger partial charge in [0, 0.05) is 20.1 Å². The van der Waals surface area contributed by atoms with Gasteiger partial charge in [0.05, 0.1) is 12.0 Å². The molecule has 0 N–H and O–H groups in total. The van der Waals surface area contributed by atoms with Gasteiger partial charge in [-0.3, -0.25) is 0 Å². The van der Waals surface area contributed by atoms with Gasteiger partial charge < -0.3 is 0 Å². The molecule has 0 saturated carbocycles. The van der Waals surface area contributed by atoms with Gasteiger partial charge in [0.1, 0.15) is 0 Å². The monoisotopic (exact) mass is 343 g/mol. The van der Waals surface area contributed by atoms with Crippen LogP contribution in [0.4, 0.5) is 0 Å². The third-order valence-electron chi connectivity index (χ3n) is 2.96. The summed E-state index contributed by atoms with van der Waals surface area (Å²) >= 11 is 24.3. The Labute approximate surface area is 137 Å². The van der Waals surface area contributed by atoms with Crippen molar-refractivity contribution in [3.05, 3.63) is 67.6 Å². The Morgan fingerprint density at radius 3 is 2.15 bits per heavy atom. The van der Waals surface area contributed by atoms with Crippen LogP contribution in [0.1, 0.15) is 17.0 Å². The minimum absolute atomic E-state index is 0.399. The molecule has 2 aromatic carbocycles. The highest BCUT2D eigenvalue weighted by atomic mass is 35.5. The fourth-order valence-corrected chi connectivity index (χ4v) is 3.03. The number of halogens is 4. The highest BCUT2D eigenvalue weighted by Gasteiger charge is 2.18. The van der Waals surface area contributed by atoms with Crippen LogP contribution in [-0.2, 0) is 6.42 Å². The van der Waals surface area contributed by atoms with Gasteiger partial charge in [-0.25, -0.2) is 0 Å². The molecule has 1 atom stereocenters. The lowest BCUT2D eigenvalue weighted by atomic mass is 9.93. The Hall–Kier alpha value is -0.910. The maximum atomic E-state index is 9.39. The molecule has 0 aliphatic carbocycles. The zero-order valence-corrected chi connectivity index (χ0v) is 13.2. The van der Waals surface area contributed by atoms with Crippen molar-refractivity contribution in [2.75, 3.05) is 0 Å². The van der Waals surface area contributed by atoms with Crippen LogP contribution in [0.25, 0.3) is 0 Å². The topological polar surface area (TPSA) is 23.8 Å². The number of hydrogen-bond donors (Lipinski definition) is 0. The van der Waals surface area contributed by atoms with Crippen molar-refractivity contribution >= 4 is 46.4 Å². The van der Waals surface area contributed by atoms with Gasteiger partial charge in [-0.15, -0.1) is 0 Å². The minimum atomic E-state index is -0.433. The molecule has 1 nitrogen and oxygen atoms in total. The van der Waals surface area contributed by atoms with E-state index in [0.29, 0.717) is 26.5 Å². The van der Waals surface area contributed by atoms with E-state index in [1.807, 2.05) is 0 Å². The molecule has 102 valence electrons. The summed E-state index contributed by atoms with van der Waals surface area (Å²) in [4.78, 5) is 0. The Balaban J connectivity index is 2.37. The van der Waals surface area contributed by atoms with Gasteiger partial charge in [0.25, 0.3) is 0 Å². The van der Waals surface area contributed by atoms with Gasteiger partial charge in [-0.05, 0) is 41.8 Å². The molecule has 5 heteroatoms. The van der Waals surface area contributed by atoms with E-state index in [2.05, 4.69) is 6.07 Å². The molecule has 20 heavy (non-hydrogen) atoms. The Kier molecular flexibility index (Phi) is 5.18. The summed E-state index contributed by atoms with van der Waals surface area (Å²) in [5, 5.41) is 11.5. The molecule has 0 heterocycles. The molecule has 0 saturated heterocycles. The smallest absolute Gasteiger partial charge is 0.0768 e. The first kappa shape index (κ1) is 15.5. The first-order valence-electron chi connectivity index (χ1n) is 5.80. The highest BCUT2D eigenvalue weighted by molar-refractivity contribution is 6.36. The molecule has 0 spiro atoms. The molecule has 0 aromatic heterocycles. The average molecular weight is 345 g/mol. The van der Waals surface area contributed by atoms with Crippen LogP contribution < -0.4 is 0 Å². The number of hydrogen-bond acceptors (Lipinski definition) is 1. The molecule has 0 aliphatic rings. The Morgan fingerprint density at radius 2 is 1.60 bits per heavy atom. The third kappa shape index (κ3) is 3.40. The first-order valence-corrected chi connectivity index (χ1v) is 7.31. The lowest BCUT2D eigenvalue weighted by Gasteiger charge is -2.14. The van der Waals surface area contributed by atoms with E-state index < -0.39 is 5.92 Å². The second kappa shape index (κ2) is 6.70. The summed E-state index contributed by atoms with van der Waals surface area (Å²) in [5.74, 6) is -0.433. The van der Waals surface area contributed by atoms with Crippen molar-refractivity contribution in [1.29, 1.82) is 5.26 Å². The first-order chi connectivity index (χ1) is 9.52. The molecule has 0 fully saturated rings. The van der Waals surface area contributed by atoms with E-state index in [4.69, 9.17) is 46.4 Å². The summed E-state index contributed by atoms with van der Waals surface area (Å²) in [6.07, 6.45) is 0.399. The van der Waals surface area contributed by atoms with Crippen LogP contribution in [0.15, 0.2) is 36.4 Å². The predicted octanol–water partition coefficient (Wildman–Crippen LogP) is 6.15. The van der Waals surface area contributed by atoms with Crippen molar-refractivity contribution in [1.82, 2.24) is 0 Å². The molecule has 0 radical (unpaired) electrons. The summed E-state index contributed by atoms with van der Waals surface area (Å²) in [7, 11) is 0. The van der Waals surface area contributed by atoms with E-state index in [0.717, 1.165) is 11.1 Å². The average Bonchev–Trinajstić information content (AvgIpc) is 2.40. The zero-order chi connectivity index (χ0) is 14.7. The van der Waals surface area contributed by atoms with Gasteiger partial charge in [0.2, 0.25) is 0 Å². The summed E-state index contributed by atoms with van der Waals surface area (Å²) < 4.78 is 0. The second-order valence-corrected chi connectivity index (χ2v) is 5.91. The van der Waals surface area contributed by atoms with Crippen molar-refractivity contribution in [2.45, 2.75) is 12.3 Å². The SMILES string of the molecule is N#C[C@@H](Cc1c(Cl)cccc1Cl)c1ccc(Cl)cc1Cl. The fraction of sp³-hybridized carbons (Fsp3) is 0.133. The molecular formula is C15H9Cl4N. The standard InChI is InChI=1S/C15H9Cl4N/c16-10-4-5-11(15(19)7-10)9(8-20)6-12-13(17)2-1-3-14(12)18/h1-5,7,9H,6H2/t9-/m1/s1. The number of nitrogens with zero attached hydrogens (tertiary/aromatic N) is 1. The molecule has 0 bridgehead atoms. The van der Waals surface area contributed by atoms with E-state index >= 15 is 0 Å². The minimum Gasteiger partial charge on any atom is -0.198 e. The molecule has 0 amide bonds. The van der Waals surface area contributed by atoms with E-state index in [-0.39, 0.29) is 0 Å². The van der Waals surface area contributed by atoms with Gasteiger partial charge in [-0.1, -0.05) is 58.5 Å². The quantitative estimate of drug-likeness (QED) is 0.655. The van der Waals surface area contributed by atoms with Crippen LogP contribution >= 0.6 is 46.4 Å². The molecule has 2 rings (SSSR count). The number of benzene rings is 2. The normalized spacial score (nSPS) is 11.9. The van der Waals surface area contributed by atoms with E-state index in [9.17, 15) is 5.26 Å². The van der Waals surface area contributed by atoms with Crippen molar-refractivity contribution in [3.8, 4) is 6.07 Å². The number of nitriles is 1. The van der Waals surface area contributed by atoms with Gasteiger partial charge in [0.15, 0.2) is 0 Å². The van der Waals surface area contributed by atoms with Crippen LogP contribution in [0.2, 0.25) is 20.1 Å². The zero-order valence-electron chi connectivity index (χ0n) is 10.2. The number of rotatable bonds is 3. The Bertz CT molecular complexity index is 656. The third-order valence-corrected chi connectivity index (χ3v) is 4.23. The summed E-state index contributed by atoms with van der Waals surface area (Å²) in [6.45, 7) is 0. The van der Waals surface area contributed by atoms with Gasteiger partial charge >= 0.3 is 0 Å². The largest absolute Gasteiger partial charge is 0.198 e. The maximum absolute atomic E-state index is 9.39. The van der Waals surface area contributed by atoms with Crippen LogP contribution in [0.5, 0.6) is 0 Å². The lowest BCUT2D eigenvalue weighted by Crippen LogP contribution is -2.02. The molecule has 2 aromatic rings. The van der Waals surface area contributed by atoms with Crippen molar-refractivity contribution in [2.24, 2.45) is 0 Å². The predicted molar refractivity (Wildman–Crippen MR) is 85.0 cm³/mol. The Morgan fingerprint density at radius 1 is 0.950 bits per heavy atom. The van der Waals surface area contributed by atoms with Crippen molar-refractivity contribution < 1.29 is 0 Å². The fourth-order valence-electron chi connectivity index (χ4n) is 1.94.